The summed E-state index contributed by atoms with van der Waals surface area (Å²) in [6, 6.07) is 0. The Kier molecular flexibility index (Phi) is 5.63. The Morgan fingerprint density at radius 3 is 1.75 bits per heavy atom. The molecule has 1 heterocycles. The molecule has 0 unspecified atom stereocenters. The van der Waals surface area contributed by atoms with Crippen molar-refractivity contribution < 1.29 is 23.3 Å². The molecule has 16 heavy (non-hydrogen) atoms. The molecule has 1 fully saturated rings. The molecule has 0 N–H and O–H groups in total. The van der Waals surface area contributed by atoms with Crippen molar-refractivity contribution in [1.82, 2.24) is 0 Å². The maximum Gasteiger partial charge on any atom is 0.322 e. The molecule has 1 aliphatic rings. The minimum absolute atomic E-state index is 0.386. The highest BCUT2D eigenvalue weighted by molar-refractivity contribution is 8.76. The van der Waals surface area contributed by atoms with Gasteiger partial charge in [0.15, 0.2) is 0 Å². The number of carbonyl (C=O) groups is 2. The minimum Gasteiger partial charge on any atom is -0.468 e. The van der Waals surface area contributed by atoms with Crippen LogP contribution in [-0.4, -0.2) is 52.4 Å². The molecule has 0 bridgehead atoms. The Bertz CT molecular complexity index is 278. The first-order chi connectivity index (χ1) is 7.61. The topological polar surface area (TPSA) is 69.7 Å². The van der Waals surface area contributed by atoms with Crippen LogP contribution < -0.4 is 0 Å². The average Bonchev–Trinajstić information content (AvgIpc) is 2.49. The molecule has 8 heteroatoms. The van der Waals surface area contributed by atoms with Crippen LogP contribution in [0.1, 0.15) is 0 Å². The largest absolute Gasteiger partial charge is 0.468 e. The molecule has 92 valence electrons. The van der Waals surface area contributed by atoms with Crippen LogP contribution in [0.15, 0.2) is 0 Å². The molecule has 1 saturated heterocycles. The van der Waals surface area contributed by atoms with Crippen molar-refractivity contribution >= 4 is 44.3 Å². The third kappa shape index (κ3) is 3.14. The first-order valence-electron chi connectivity index (χ1n) is 4.41. The second-order valence-electron chi connectivity index (χ2n) is 2.92. The number of hydrogen-bond acceptors (Lipinski definition) is 7. The molecule has 0 aromatic carbocycles. The summed E-state index contributed by atoms with van der Waals surface area (Å²) >= 11 is 0. The summed E-state index contributed by atoms with van der Waals surface area (Å²) in [5.41, 5.74) is 0. The number of methoxy groups -OCH3 is 2. The van der Waals surface area contributed by atoms with Crippen molar-refractivity contribution in [2.24, 2.45) is 0 Å². The van der Waals surface area contributed by atoms with Crippen LogP contribution in [-0.2, 0) is 29.9 Å². The summed E-state index contributed by atoms with van der Waals surface area (Å²) < 4.78 is 21.2. The van der Waals surface area contributed by atoms with Gasteiger partial charge >= 0.3 is 11.9 Å². The number of rotatable bonds is 2. The van der Waals surface area contributed by atoms with Gasteiger partial charge in [-0.3, -0.25) is 13.8 Å². The molecular weight excluding hydrogens is 272 g/mol. The highest BCUT2D eigenvalue weighted by Crippen LogP contribution is 2.31. The number of carbonyl (C=O) groups excluding carboxylic acids is 2. The van der Waals surface area contributed by atoms with Crippen LogP contribution >= 0.6 is 21.6 Å². The number of ether oxygens (including phenoxy) is 2. The van der Waals surface area contributed by atoms with Crippen LogP contribution in [0.3, 0.4) is 0 Å². The maximum absolute atomic E-state index is 12.0. The lowest BCUT2D eigenvalue weighted by Gasteiger charge is -2.15. The van der Waals surface area contributed by atoms with E-state index in [1.165, 1.54) is 35.8 Å². The molecule has 1 rings (SSSR count). The molecule has 0 saturated carbocycles. The summed E-state index contributed by atoms with van der Waals surface area (Å²) in [6.45, 7) is 0. The Morgan fingerprint density at radius 1 is 1.06 bits per heavy atom. The minimum atomic E-state index is -1.58. The fourth-order valence-corrected chi connectivity index (χ4v) is 6.21. The van der Waals surface area contributed by atoms with E-state index in [-0.39, 0.29) is 0 Å². The van der Waals surface area contributed by atoms with Crippen molar-refractivity contribution in [3.63, 3.8) is 0 Å². The fraction of sp³-hybridized carbons (Fsp3) is 0.750. The van der Waals surface area contributed by atoms with Gasteiger partial charge in [-0.1, -0.05) is 21.6 Å². The summed E-state index contributed by atoms with van der Waals surface area (Å²) in [6.07, 6.45) is 0. The lowest BCUT2D eigenvalue weighted by Crippen LogP contribution is -2.39. The van der Waals surface area contributed by atoms with Gasteiger partial charge in [0.1, 0.15) is 10.5 Å². The van der Waals surface area contributed by atoms with E-state index in [0.717, 1.165) is 0 Å². The number of esters is 2. The van der Waals surface area contributed by atoms with Gasteiger partial charge < -0.3 is 9.47 Å². The van der Waals surface area contributed by atoms with Gasteiger partial charge in [-0.25, -0.2) is 0 Å². The summed E-state index contributed by atoms with van der Waals surface area (Å²) in [5.74, 6) is -0.306. The van der Waals surface area contributed by atoms with Crippen LogP contribution in [0.4, 0.5) is 0 Å². The van der Waals surface area contributed by atoms with Crippen LogP contribution in [0.5, 0.6) is 0 Å². The van der Waals surface area contributed by atoms with Gasteiger partial charge in [0.05, 0.1) is 25.0 Å². The molecule has 0 spiro atoms. The lowest BCUT2D eigenvalue weighted by atomic mass is 10.5. The van der Waals surface area contributed by atoms with Crippen LogP contribution in [0.2, 0.25) is 0 Å². The molecule has 0 aromatic heterocycles. The van der Waals surface area contributed by atoms with Gasteiger partial charge in [0.2, 0.25) is 0 Å². The second-order valence-corrected chi connectivity index (χ2v) is 7.27. The quantitative estimate of drug-likeness (QED) is 0.530. The first-order valence-corrected chi connectivity index (χ1v) is 8.17. The monoisotopic (exact) mass is 284 g/mol. The Labute approximate surface area is 104 Å². The zero-order valence-corrected chi connectivity index (χ0v) is 11.3. The lowest BCUT2D eigenvalue weighted by molar-refractivity contribution is -0.139. The van der Waals surface area contributed by atoms with Crippen LogP contribution in [0.25, 0.3) is 0 Å². The molecule has 0 radical (unpaired) electrons. The third-order valence-corrected chi connectivity index (χ3v) is 6.70. The predicted octanol–water partition coefficient (Wildman–Crippen LogP) is 0.213. The predicted molar refractivity (Wildman–Crippen MR) is 64.7 cm³/mol. The van der Waals surface area contributed by atoms with Gasteiger partial charge in [-0.2, -0.15) is 0 Å². The van der Waals surface area contributed by atoms with Crippen molar-refractivity contribution in [3.05, 3.63) is 0 Å². The van der Waals surface area contributed by atoms with Crippen LogP contribution in [0, 0.1) is 0 Å². The van der Waals surface area contributed by atoms with Crippen molar-refractivity contribution in [2.75, 3.05) is 25.7 Å². The highest BCUT2D eigenvalue weighted by Gasteiger charge is 2.38. The van der Waals surface area contributed by atoms with E-state index in [9.17, 15) is 13.8 Å². The molecule has 0 aliphatic carbocycles. The Balaban J connectivity index is 2.84. The summed E-state index contributed by atoms with van der Waals surface area (Å²) in [7, 11) is 3.74. The maximum atomic E-state index is 12.0. The van der Waals surface area contributed by atoms with E-state index in [2.05, 4.69) is 9.47 Å². The first kappa shape index (κ1) is 13.9. The molecule has 1 aliphatic heterocycles. The van der Waals surface area contributed by atoms with E-state index in [1.54, 1.807) is 0 Å². The fourth-order valence-electron chi connectivity index (χ4n) is 1.14. The third-order valence-electron chi connectivity index (χ3n) is 2.01. The zero-order chi connectivity index (χ0) is 12.1. The molecule has 5 nitrogen and oxygen atoms in total. The molecule has 2 atom stereocenters. The smallest absolute Gasteiger partial charge is 0.322 e. The van der Waals surface area contributed by atoms with Gasteiger partial charge in [-0.15, -0.1) is 0 Å². The van der Waals surface area contributed by atoms with Gasteiger partial charge in [-0.05, 0) is 0 Å². The zero-order valence-electron chi connectivity index (χ0n) is 8.83. The summed E-state index contributed by atoms with van der Waals surface area (Å²) in [5, 5.41) is -1.51. The van der Waals surface area contributed by atoms with E-state index < -0.39 is 33.2 Å². The average molecular weight is 284 g/mol. The second kappa shape index (κ2) is 6.51. The van der Waals surface area contributed by atoms with E-state index >= 15 is 0 Å². The SMILES string of the molecule is COC(=O)[C@H]1CSSC[C@H](C(=O)OC)S1=O. The molecular formula is C8H12O5S3. The Hall–Kier alpha value is -0.210. The highest BCUT2D eigenvalue weighted by atomic mass is 33.1. The van der Waals surface area contributed by atoms with Gasteiger partial charge in [0, 0.05) is 11.5 Å². The van der Waals surface area contributed by atoms with E-state index in [1.807, 2.05) is 0 Å². The van der Waals surface area contributed by atoms with Gasteiger partial charge in [0.25, 0.3) is 0 Å². The van der Waals surface area contributed by atoms with E-state index in [4.69, 9.17) is 0 Å². The van der Waals surface area contributed by atoms with E-state index in [0.29, 0.717) is 11.5 Å². The molecule has 0 aromatic rings. The van der Waals surface area contributed by atoms with Crippen molar-refractivity contribution in [1.29, 1.82) is 0 Å². The number of hydrogen-bond donors (Lipinski definition) is 0. The standard InChI is InChI=1S/C8H12O5S3/c1-12-7(9)5-3-14-15-4-6(16(5)11)8(10)13-2/h5-6H,3-4H2,1-2H3/t5-,6-/m1/s1. The van der Waals surface area contributed by atoms with Crippen molar-refractivity contribution in [2.45, 2.75) is 10.5 Å². The Morgan fingerprint density at radius 2 is 1.44 bits per heavy atom. The molecule has 0 amide bonds. The summed E-state index contributed by atoms with van der Waals surface area (Å²) in [4.78, 5) is 22.8. The normalized spacial score (nSPS) is 26.9. The van der Waals surface area contributed by atoms with Crippen molar-refractivity contribution in [3.8, 4) is 0 Å².